The number of carbonyl (C=O) groups is 5. The summed E-state index contributed by atoms with van der Waals surface area (Å²) >= 11 is 1.41. The zero-order chi connectivity index (χ0) is 26.3. The number of carboxylic acids is 2. The second-order valence-electron chi connectivity index (χ2n) is 8.10. The van der Waals surface area contributed by atoms with Gasteiger partial charge in [-0.3, -0.25) is 19.2 Å². The van der Waals surface area contributed by atoms with E-state index in [0.717, 1.165) is 0 Å². The normalized spacial score (nSPS) is 15.3. The van der Waals surface area contributed by atoms with Gasteiger partial charge in [-0.15, -0.1) is 0 Å². The minimum absolute atomic E-state index is 0.102. The Morgan fingerprint density at radius 3 is 1.88 bits per heavy atom. The second kappa shape index (κ2) is 17.1. The molecule has 196 valence electrons. The molecular weight excluding hydrogens is 466 g/mol. The highest BCUT2D eigenvalue weighted by Crippen LogP contribution is 2.09. The average molecular weight is 506 g/mol. The monoisotopic (exact) mass is 505 g/mol. The van der Waals surface area contributed by atoms with Gasteiger partial charge in [0.05, 0.1) is 12.5 Å². The van der Waals surface area contributed by atoms with Crippen molar-refractivity contribution in [2.75, 3.05) is 18.6 Å². The fraction of sp³-hybridized carbons (Fsp3) is 0.762. The molecule has 0 spiro atoms. The Morgan fingerprint density at radius 1 is 0.882 bits per heavy atom. The summed E-state index contributed by atoms with van der Waals surface area (Å²) in [6.07, 6.45) is 3.29. The summed E-state index contributed by atoms with van der Waals surface area (Å²) in [6.45, 7) is 4.13. The van der Waals surface area contributed by atoms with E-state index in [1.807, 2.05) is 13.8 Å². The van der Waals surface area contributed by atoms with E-state index >= 15 is 0 Å². The van der Waals surface area contributed by atoms with Gasteiger partial charge in [0, 0.05) is 0 Å². The van der Waals surface area contributed by atoms with Crippen LogP contribution in [-0.2, 0) is 24.0 Å². The number of hydrogen-bond acceptors (Lipinski definition) is 8. The molecule has 13 heteroatoms. The van der Waals surface area contributed by atoms with Crippen molar-refractivity contribution in [3.05, 3.63) is 0 Å². The molecule has 0 radical (unpaired) electrons. The molecule has 9 N–H and O–H groups in total. The number of carbonyl (C=O) groups excluding carboxylic acids is 3. The highest BCUT2D eigenvalue weighted by Gasteiger charge is 2.31. The molecule has 0 aliphatic heterocycles. The number of amides is 3. The maximum Gasteiger partial charge on any atom is 0.326 e. The van der Waals surface area contributed by atoms with E-state index < -0.39 is 60.2 Å². The summed E-state index contributed by atoms with van der Waals surface area (Å²) in [4.78, 5) is 60.5. The standard InChI is InChI=1S/C21H39N5O7S/c1-4-12(2)17(23)20(31)25-13(7-5-6-9-22)18(29)24-14(8-10-34-3)19(30)26-15(21(32)33)11-16(27)28/h12-15,17H,4-11,22-23H2,1-3H3,(H,24,29)(H,25,31)(H,26,30)(H,27,28)(H,32,33). The van der Waals surface area contributed by atoms with Crippen molar-refractivity contribution in [3.63, 3.8) is 0 Å². The lowest BCUT2D eigenvalue weighted by Gasteiger charge is -2.26. The van der Waals surface area contributed by atoms with Crippen LogP contribution in [0.1, 0.15) is 52.4 Å². The fourth-order valence-electron chi connectivity index (χ4n) is 2.97. The van der Waals surface area contributed by atoms with Crippen molar-refractivity contribution >= 4 is 41.4 Å². The van der Waals surface area contributed by atoms with Gasteiger partial charge in [0.15, 0.2) is 0 Å². The Morgan fingerprint density at radius 2 is 1.41 bits per heavy atom. The Balaban J connectivity index is 5.51. The van der Waals surface area contributed by atoms with E-state index in [1.165, 1.54) is 11.8 Å². The minimum Gasteiger partial charge on any atom is -0.481 e. The van der Waals surface area contributed by atoms with E-state index in [9.17, 15) is 29.1 Å². The summed E-state index contributed by atoms with van der Waals surface area (Å²) in [5, 5.41) is 25.5. The van der Waals surface area contributed by atoms with Crippen molar-refractivity contribution < 1.29 is 34.2 Å². The van der Waals surface area contributed by atoms with Crippen molar-refractivity contribution in [3.8, 4) is 0 Å². The summed E-state index contributed by atoms with van der Waals surface area (Å²) in [7, 11) is 0. The molecule has 0 saturated carbocycles. The van der Waals surface area contributed by atoms with Crippen LogP contribution in [0.5, 0.6) is 0 Å². The molecule has 0 bridgehead atoms. The lowest BCUT2D eigenvalue weighted by molar-refractivity contribution is -0.147. The van der Waals surface area contributed by atoms with Crippen LogP contribution in [0.15, 0.2) is 0 Å². The fourth-order valence-corrected chi connectivity index (χ4v) is 3.44. The van der Waals surface area contributed by atoms with Crippen molar-refractivity contribution in [2.45, 2.75) is 76.5 Å². The zero-order valence-electron chi connectivity index (χ0n) is 20.0. The van der Waals surface area contributed by atoms with Crippen molar-refractivity contribution in [1.29, 1.82) is 0 Å². The third-order valence-corrected chi connectivity index (χ3v) is 6.02. The minimum atomic E-state index is -1.65. The Bertz CT molecular complexity index is 694. The van der Waals surface area contributed by atoms with Crippen LogP contribution in [0, 0.1) is 5.92 Å². The molecule has 0 aliphatic carbocycles. The van der Waals surface area contributed by atoms with E-state index in [4.69, 9.17) is 16.6 Å². The Kier molecular flexibility index (Phi) is 15.9. The van der Waals surface area contributed by atoms with E-state index in [0.29, 0.717) is 31.6 Å². The topological polar surface area (TPSA) is 214 Å². The second-order valence-corrected chi connectivity index (χ2v) is 9.08. The molecule has 0 aromatic rings. The van der Waals surface area contributed by atoms with Crippen molar-refractivity contribution in [1.82, 2.24) is 16.0 Å². The Hall–Kier alpha value is -2.38. The van der Waals surface area contributed by atoms with Gasteiger partial charge in [0.2, 0.25) is 17.7 Å². The van der Waals surface area contributed by atoms with Gasteiger partial charge in [-0.1, -0.05) is 20.3 Å². The van der Waals surface area contributed by atoms with Crippen LogP contribution in [0.4, 0.5) is 0 Å². The summed E-state index contributed by atoms with van der Waals surface area (Å²) in [5.41, 5.74) is 11.5. The number of rotatable bonds is 18. The first-order valence-electron chi connectivity index (χ1n) is 11.3. The number of nitrogens with two attached hydrogens (primary N) is 2. The maximum atomic E-state index is 13.0. The molecule has 34 heavy (non-hydrogen) atoms. The maximum absolute atomic E-state index is 13.0. The van der Waals surface area contributed by atoms with Crippen LogP contribution in [0.2, 0.25) is 0 Å². The number of carboxylic acid groups (broad SMARTS) is 2. The third-order valence-electron chi connectivity index (χ3n) is 5.38. The SMILES string of the molecule is CCC(C)C(N)C(=O)NC(CCCCN)C(=O)NC(CCSC)C(=O)NC(CC(=O)O)C(=O)O. The van der Waals surface area contributed by atoms with Gasteiger partial charge >= 0.3 is 11.9 Å². The van der Waals surface area contributed by atoms with Crippen LogP contribution in [0.25, 0.3) is 0 Å². The summed E-state index contributed by atoms with van der Waals surface area (Å²) < 4.78 is 0. The molecule has 3 amide bonds. The highest BCUT2D eigenvalue weighted by atomic mass is 32.2. The molecule has 0 saturated heterocycles. The lowest BCUT2D eigenvalue weighted by Crippen LogP contribution is -2.57. The smallest absolute Gasteiger partial charge is 0.326 e. The summed E-state index contributed by atoms with van der Waals surface area (Å²) in [5.74, 6) is -4.45. The lowest BCUT2D eigenvalue weighted by atomic mass is 9.98. The molecule has 5 atom stereocenters. The quantitative estimate of drug-likeness (QED) is 0.116. The molecule has 5 unspecified atom stereocenters. The molecule has 0 heterocycles. The first-order chi connectivity index (χ1) is 16.0. The number of thioether (sulfide) groups is 1. The van der Waals surface area contributed by atoms with Crippen molar-refractivity contribution in [2.24, 2.45) is 17.4 Å². The van der Waals surface area contributed by atoms with Crippen LogP contribution >= 0.6 is 11.8 Å². The Labute approximate surface area is 204 Å². The van der Waals surface area contributed by atoms with Gasteiger partial charge in [-0.05, 0) is 50.2 Å². The molecule has 12 nitrogen and oxygen atoms in total. The largest absolute Gasteiger partial charge is 0.481 e. The van der Waals surface area contributed by atoms with Crippen LogP contribution in [0.3, 0.4) is 0 Å². The number of unbranched alkanes of at least 4 members (excludes halogenated alkanes) is 1. The third kappa shape index (κ3) is 12.2. The van der Waals surface area contributed by atoms with Gasteiger partial charge < -0.3 is 37.6 Å². The predicted octanol–water partition coefficient (Wildman–Crippen LogP) is -0.744. The first-order valence-corrected chi connectivity index (χ1v) is 12.7. The number of aliphatic carboxylic acids is 2. The van der Waals surface area contributed by atoms with Gasteiger partial charge in [-0.2, -0.15) is 11.8 Å². The van der Waals surface area contributed by atoms with Crippen LogP contribution in [-0.4, -0.2) is 82.6 Å². The number of hydrogen-bond donors (Lipinski definition) is 7. The molecule has 0 aromatic heterocycles. The first kappa shape index (κ1) is 31.6. The molecule has 0 aromatic carbocycles. The molecule has 0 rings (SSSR count). The van der Waals surface area contributed by atoms with Gasteiger partial charge in [0.1, 0.15) is 18.1 Å². The van der Waals surface area contributed by atoms with Gasteiger partial charge in [-0.25, -0.2) is 4.79 Å². The molecular formula is C21H39N5O7S. The van der Waals surface area contributed by atoms with E-state index in [1.54, 1.807) is 6.26 Å². The predicted molar refractivity (Wildman–Crippen MR) is 129 cm³/mol. The average Bonchev–Trinajstić information content (AvgIpc) is 2.78. The van der Waals surface area contributed by atoms with Crippen LogP contribution < -0.4 is 27.4 Å². The molecule has 0 fully saturated rings. The van der Waals surface area contributed by atoms with E-state index in [-0.39, 0.29) is 18.8 Å². The number of nitrogens with one attached hydrogen (secondary N) is 3. The van der Waals surface area contributed by atoms with Gasteiger partial charge in [0.25, 0.3) is 0 Å². The zero-order valence-corrected chi connectivity index (χ0v) is 20.9. The van der Waals surface area contributed by atoms with E-state index in [2.05, 4.69) is 16.0 Å². The highest BCUT2D eigenvalue weighted by molar-refractivity contribution is 7.98. The molecule has 0 aliphatic rings. The summed E-state index contributed by atoms with van der Waals surface area (Å²) in [6, 6.07) is -4.54.